The molecule has 0 spiro atoms. The number of hydrogen-bond acceptors (Lipinski definition) is 4. The van der Waals surface area contributed by atoms with Crippen molar-refractivity contribution >= 4 is 17.7 Å². The van der Waals surface area contributed by atoms with Gasteiger partial charge in [0.25, 0.3) is 0 Å². The highest BCUT2D eigenvalue weighted by molar-refractivity contribution is 7.99. The van der Waals surface area contributed by atoms with Gasteiger partial charge in [0.15, 0.2) is 0 Å². The minimum atomic E-state index is -0.105. The average molecular weight is 312 g/mol. The van der Waals surface area contributed by atoms with Crippen LogP contribution in [0.2, 0.25) is 0 Å². The fourth-order valence-electron chi connectivity index (χ4n) is 2.06. The van der Waals surface area contributed by atoms with E-state index in [-0.39, 0.29) is 18.2 Å². The van der Waals surface area contributed by atoms with E-state index in [4.69, 9.17) is 6.42 Å². The van der Waals surface area contributed by atoms with Gasteiger partial charge in [0.1, 0.15) is 5.82 Å². The molecule has 1 heterocycles. The highest BCUT2D eigenvalue weighted by atomic mass is 32.2. The third-order valence-corrected chi connectivity index (χ3v) is 4.11. The van der Waals surface area contributed by atoms with E-state index in [2.05, 4.69) is 21.3 Å². The van der Waals surface area contributed by atoms with Crippen molar-refractivity contribution in [3.8, 4) is 18.0 Å². The summed E-state index contributed by atoms with van der Waals surface area (Å²) in [4.78, 5) is 16.2. The van der Waals surface area contributed by atoms with Gasteiger partial charge in [-0.15, -0.1) is 11.5 Å². The second kappa shape index (κ2) is 6.67. The molecule has 1 amide bonds. The smallest absolute Gasteiger partial charge is 0.231 e. The van der Waals surface area contributed by atoms with E-state index in [1.54, 1.807) is 0 Å². The minimum absolute atomic E-state index is 0.105. The number of carbonyl (C=O) groups is 1. The van der Waals surface area contributed by atoms with Crippen LogP contribution in [0.3, 0.4) is 0 Å². The maximum Gasteiger partial charge on any atom is 0.231 e. The van der Waals surface area contributed by atoms with Crippen LogP contribution in [0.4, 0.5) is 0 Å². The lowest BCUT2D eigenvalue weighted by molar-refractivity contribution is -0.118. The maximum atomic E-state index is 11.6. The molecule has 2 aromatic rings. The van der Waals surface area contributed by atoms with Crippen molar-refractivity contribution in [1.82, 2.24) is 20.1 Å². The molecule has 1 aliphatic carbocycles. The molecule has 1 fully saturated rings. The second-order valence-corrected chi connectivity index (χ2v) is 5.99. The Labute approximate surface area is 133 Å². The first-order chi connectivity index (χ1) is 10.8. The number of amides is 1. The lowest BCUT2D eigenvalue weighted by Gasteiger charge is -2.03. The lowest BCUT2D eigenvalue weighted by Crippen LogP contribution is -2.25. The summed E-state index contributed by atoms with van der Waals surface area (Å²) in [6, 6.07) is 9.95. The van der Waals surface area contributed by atoms with Crippen LogP contribution < -0.4 is 5.32 Å². The molecule has 0 atom stereocenters. The van der Waals surface area contributed by atoms with Crippen LogP contribution in [0.1, 0.15) is 24.6 Å². The largest absolute Gasteiger partial charge is 0.344 e. The zero-order valence-electron chi connectivity index (χ0n) is 12.0. The average Bonchev–Trinajstić information content (AvgIpc) is 3.31. The van der Waals surface area contributed by atoms with Gasteiger partial charge in [-0.25, -0.2) is 9.67 Å². The molecule has 1 N–H and O–H groups in total. The van der Waals surface area contributed by atoms with Crippen molar-refractivity contribution in [3.63, 3.8) is 0 Å². The van der Waals surface area contributed by atoms with E-state index in [1.165, 1.54) is 11.8 Å². The molecule has 1 aliphatic rings. The van der Waals surface area contributed by atoms with Gasteiger partial charge < -0.3 is 5.32 Å². The quantitative estimate of drug-likeness (QED) is 0.654. The molecule has 0 aliphatic heterocycles. The van der Waals surface area contributed by atoms with Crippen molar-refractivity contribution in [3.05, 3.63) is 36.2 Å². The summed E-state index contributed by atoms with van der Waals surface area (Å²) in [5, 5.41) is 7.80. The van der Waals surface area contributed by atoms with Crippen LogP contribution in [0.5, 0.6) is 0 Å². The minimum Gasteiger partial charge on any atom is -0.344 e. The molecule has 1 aromatic carbocycles. The molecule has 1 aromatic heterocycles. The van der Waals surface area contributed by atoms with Gasteiger partial charge in [0.2, 0.25) is 11.1 Å². The van der Waals surface area contributed by atoms with Crippen molar-refractivity contribution in [1.29, 1.82) is 0 Å². The van der Waals surface area contributed by atoms with E-state index < -0.39 is 0 Å². The van der Waals surface area contributed by atoms with E-state index in [1.807, 2.05) is 35.0 Å². The number of hydrogen-bond donors (Lipinski definition) is 1. The van der Waals surface area contributed by atoms with Gasteiger partial charge in [0.05, 0.1) is 18.0 Å². The van der Waals surface area contributed by atoms with Crippen molar-refractivity contribution in [2.24, 2.45) is 0 Å². The lowest BCUT2D eigenvalue weighted by atomic mass is 10.3. The highest BCUT2D eigenvalue weighted by Gasteiger charge is 2.30. The predicted molar refractivity (Wildman–Crippen MR) is 85.9 cm³/mol. The molecule has 6 heteroatoms. The van der Waals surface area contributed by atoms with Gasteiger partial charge in [-0.1, -0.05) is 35.9 Å². The number of carbonyl (C=O) groups excluding carboxylic acids is 1. The number of nitrogens with zero attached hydrogens (tertiary/aromatic N) is 3. The molecule has 5 nitrogen and oxygen atoms in total. The summed E-state index contributed by atoms with van der Waals surface area (Å²) in [5.74, 6) is 4.01. The number of benzene rings is 1. The standard InChI is InChI=1S/C16H16N4OS/c1-2-10-17-14(21)11-22-16-18-15(12-8-9-12)20(19-16)13-6-4-3-5-7-13/h1,3-7,12H,8-11H2,(H,17,21). The number of nitrogens with one attached hydrogen (secondary N) is 1. The molecule has 3 rings (SSSR count). The summed E-state index contributed by atoms with van der Waals surface area (Å²) in [5.41, 5.74) is 1.00. The molecule has 0 unspecified atom stereocenters. The molecule has 112 valence electrons. The van der Waals surface area contributed by atoms with Gasteiger partial charge in [-0.3, -0.25) is 4.79 Å². The van der Waals surface area contributed by atoms with Crippen molar-refractivity contribution < 1.29 is 4.79 Å². The number of para-hydroxylation sites is 1. The van der Waals surface area contributed by atoms with E-state index >= 15 is 0 Å². The fraction of sp³-hybridized carbons (Fsp3) is 0.312. The predicted octanol–water partition coefficient (Wildman–Crippen LogP) is 1.99. The van der Waals surface area contributed by atoms with Gasteiger partial charge in [0, 0.05) is 5.92 Å². The van der Waals surface area contributed by atoms with Crippen molar-refractivity contribution in [2.45, 2.75) is 23.9 Å². The number of aromatic nitrogens is 3. The molecule has 0 bridgehead atoms. The van der Waals surface area contributed by atoms with Gasteiger partial charge in [-0.05, 0) is 25.0 Å². The number of thioether (sulfide) groups is 1. The summed E-state index contributed by atoms with van der Waals surface area (Å²) in [7, 11) is 0. The molecule has 0 saturated heterocycles. The van der Waals surface area contributed by atoms with Crippen molar-refractivity contribution in [2.75, 3.05) is 12.3 Å². The summed E-state index contributed by atoms with van der Waals surface area (Å²) < 4.78 is 1.89. The van der Waals surface area contributed by atoms with E-state index in [0.29, 0.717) is 11.1 Å². The van der Waals surface area contributed by atoms with E-state index in [0.717, 1.165) is 24.4 Å². The second-order valence-electron chi connectivity index (χ2n) is 5.04. The van der Waals surface area contributed by atoms with Crippen LogP contribution in [0.25, 0.3) is 5.69 Å². The van der Waals surface area contributed by atoms with Gasteiger partial charge >= 0.3 is 0 Å². The monoisotopic (exact) mass is 312 g/mol. The molecule has 1 saturated carbocycles. The third kappa shape index (κ3) is 3.49. The molecular weight excluding hydrogens is 296 g/mol. The zero-order chi connectivity index (χ0) is 15.4. The topological polar surface area (TPSA) is 59.8 Å². The van der Waals surface area contributed by atoms with Crippen LogP contribution in [-0.2, 0) is 4.79 Å². The van der Waals surface area contributed by atoms with E-state index in [9.17, 15) is 4.79 Å². The summed E-state index contributed by atoms with van der Waals surface area (Å²) in [6.45, 7) is 0.249. The highest BCUT2D eigenvalue weighted by Crippen LogP contribution is 2.40. The molecular formula is C16H16N4OS. The Hall–Kier alpha value is -2.26. The zero-order valence-corrected chi connectivity index (χ0v) is 12.8. The van der Waals surface area contributed by atoms with Crippen LogP contribution in [0.15, 0.2) is 35.5 Å². The number of terminal acetylenes is 1. The summed E-state index contributed by atoms with van der Waals surface area (Å²) >= 11 is 1.33. The Morgan fingerprint density at radius 2 is 2.18 bits per heavy atom. The first-order valence-corrected chi connectivity index (χ1v) is 8.12. The Morgan fingerprint density at radius 3 is 2.86 bits per heavy atom. The van der Waals surface area contributed by atoms with Crippen LogP contribution in [-0.4, -0.2) is 33.0 Å². The first-order valence-electron chi connectivity index (χ1n) is 7.13. The fourth-order valence-corrected chi connectivity index (χ4v) is 2.72. The Kier molecular flexibility index (Phi) is 4.45. The first kappa shape index (κ1) is 14.7. The van der Waals surface area contributed by atoms with Crippen LogP contribution in [0, 0.1) is 12.3 Å². The SMILES string of the molecule is C#CCNC(=O)CSc1nc(C2CC2)n(-c2ccccc2)n1. The molecule has 0 radical (unpaired) electrons. The summed E-state index contributed by atoms with van der Waals surface area (Å²) in [6.07, 6.45) is 7.41. The number of rotatable bonds is 6. The van der Waals surface area contributed by atoms with Gasteiger partial charge in [-0.2, -0.15) is 0 Å². The normalized spacial score (nSPS) is 13.6. The molecule has 22 heavy (non-hydrogen) atoms. The third-order valence-electron chi connectivity index (χ3n) is 3.28. The maximum absolute atomic E-state index is 11.6. The Morgan fingerprint density at radius 1 is 1.41 bits per heavy atom. The Balaban J connectivity index is 1.74. The van der Waals surface area contributed by atoms with Crippen LogP contribution >= 0.6 is 11.8 Å². The Bertz CT molecular complexity index is 701.